The molecule has 1 aliphatic heterocycles. The van der Waals surface area contributed by atoms with Crippen molar-refractivity contribution in [2.24, 2.45) is 23.5 Å². The van der Waals surface area contributed by atoms with Gasteiger partial charge in [0.25, 0.3) is 0 Å². The summed E-state index contributed by atoms with van der Waals surface area (Å²) in [6.45, 7) is 3.15. The minimum Gasteiger partial charge on any atom is -0.352 e. The molecule has 144 valence electrons. The average molecular weight is 369 g/mol. The van der Waals surface area contributed by atoms with E-state index in [2.05, 4.69) is 25.1 Å². The Morgan fingerprint density at radius 3 is 2.56 bits per heavy atom. The van der Waals surface area contributed by atoms with Crippen LogP contribution in [0.1, 0.15) is 32.1 Å². The van der Waals surface area contributed by atoms with Gasteiger partial charge in [0.05, 0.1) is 0 Å². The summed E-state index contributed by atoms with van der Waals surface area (Å²) in [7, 11) is 0. The number of piperazine rings is 1. The first-order valence-electron chi connectivity index (χ1n) is 10.2. The van der Waals surface area contributed by atoms with Crippen molar-refractivity contribution in [3.63, 3.8) is 0 Å². The third-order valence-corrected chi connectivity index (χ3v) is 6.83. The number of nitrogens with two attached hydrogens (primary N) is 1. The van der Waals surface area contributed by atoms with E-state index in [4.69, 9.17) is 5.73 Å². The maximum absolute atomic E-state index is 13.1. The Labute approximate surface area is 158 Å². The maximum Gasteiger partial charge on any atom is 0.225 e. The number of aromatic nitrogens is 4. The first kappa shape index (κ1) is 16.9. The van der Waals surface area contributed by atoms with E-state index in [-0.39, 0.29) is 5.92 Å². The molecule has 3 aliphatic rings. The van der Waals surface area contributed by atoms with E-state index in [9.17, 15) is 4.79 Å². The predicted octanol–water partition coefficient (Wildman–Crippen LogP) is 0.926. The fourth-order valence-electron chi connectivity index (χ4n) is 5.29. The smallest absolute Gasteiger partial charge is 0.225 e. The molecule has 2 atom stereocenters. The number of rotatable bonds is 2. The third-order valence-electron chi connectivity index (χ3n) is 6.83. The Kier molecular flexibility index (Phi) is 4.22. The lowest BCUT2D eigenvalue weighted by Gasteiger charge is -2.45. The fourth-order valence-corrected chi connectivity index (χ4v) is 5.29. The minimum atomic E-state index is 0.179. The normalized spacial score (nSPS) is 31.3. The van der Waals surface area contributed by atoms with Gasteiger partial charge in [0.15, 0.2) is 5.65 Å². The topological polar surface area (TPSA) is 92.7 Å². The summed E-state index contributed by atoms with van der Waals surface area (Å²) in [5.41, 5.74) is 7.13. The summed E-state index contributed by atoms with van der Waals surface area (Å²) in [5.74, 6) is 2.53. The highest BCUT2D eigenvalue weighted by Crippen LogP contribution is 2.42. The van der Waals surface area contributed by atoms with Gasteiger partial charge in [-0.25, -0.2) is 0 Å². The zero-order valence-corrected chi connectivity index (χ0v) is 15.6. The standard InChI is InChI=1S/C19H27N7O/c20-18-13-2-1-3-14(18)11-15(10-13)19(27)25-8-6-24(7-9-25)17-5-4-16-22-21-12-26(16)23-17/h4-5,12-15,18H,1-3,6-11,20H2. The number of carbonyl (C=O) groups is 1. The molecular formula is C19H27N7O. The summed E-state index contributed by atoms with van der Waals surface area (Å²) in [5, 5.41) is 12.4. The summed E-state index contributed by atoms with van der Waals surface area (Å²) in [6, 6.07) is 4.22. The van der Waals surface area contributed by atoms with Gasteiger partial charge < -0.3 is 15.5 Å². The molecule has 8 heteroatoms. The van der Waals surface area contributed by atoms with Crippen LogP contribution in [0, 0.1) is 17.8 Å². The minimum absolute atomic E-state index is 0.179. The molecule has 0 aromatic carbocycles. The van der Waals surface area contributed by atoms with Gasteiger partial charge in [0, 0.05) is 38.1 Å². The molecule has 2 unspecified atom stereocenters. The molecular weight excluding hydrogens is 342 g/mol. The molecule has 1 saturated heterocycles. The molecule has 27 heavy (non-hydrogen) atoms. The molecule has 2 aromatic heterocycles. The van der Waals surface area contributed by atoms with Crippen molar-refractivity contribution in [3.05, 3.63) is 18.5 Å². The van der Waals surface area contributed by atoms with Crippen LogP contribution in [0.2, 0.25) is 0 Å². The van der Waals surface area contributed by atoms with E-state index >= 15 is 0 Å². The summed E-state index contributed by atoms with van der Waals surface area (Å²) < 4.78 is 1.69. The highest BCUT2D eigenvalue weighted by atomic mass is 16.2. The third kappa shape index (κ3) is 3.05. The molecule has 8 nitrogen and oxygen atoms in total. The number of hydrogen-bond acceptors (Lipinski definition) is 6. The lowest BCUT2D eigenvalue weighted by molar-refractivity contribution is -0.138. The number of nitrogens with zero attached hydrogens (tertiary/aromatic N) is 6. The second kappa shape index (κ2) is 6.74. The molecule has 3 heterocycles. The molecule has 3 fully saturated rings. The summed E-state index contributed by atoms with van der Waals surface area (Å²) in [6.07, 6.45) is 7.28. The van der Waals surface area contributed by atoms with Gasteiger partial charge >= 0.3 is 0 Å². The molecule has 5 rings (SSSR count). The fraction of sp³-hybridized carbons (Fsp3) is 0.684. The van der Waals surface area contributed by atoms with Crippen molar-refractivity contribution in [2.45, 2.75) is 38.1 Å². The quantitative estimate of drug-likeness (QED) is 0.846. The number of fused-ring (bicyclic) bond motifs is 3. The Balaban J connectivity index is 1.22. The van der Waals surface area contributed by atoms with E-state index in [0.29, 0.717) is 23.8 Å². The lowest BCUT2D eigenvalue weighted by atomic mass is 9.65. The van der Waals surface area contributed by atoms with Crippen molar-refractivity contribution >= 4 is 17.4 Å². The van der Waals surface area contributed by atoms with Crippen molar-refractivity contribution < 1.29 is 4.79 Å². The van der Waals surface area contributed by atoms with Crippen LogP contribution in [0.3, 0.4) is 0 Å². The molecule has 2 bridgehead atoms. The lowest BCUT2D eigenvalue weighted by Crippen LogP contribution is -2.53. The Morgan fingerprint density at radius 1 is 1.07 bits per heavy atom. The number of carbonyl (C=O) groups excluding carboxylic acids is 1. The van der Waals surface area contributed by atoms with Crippen LogP contribution in [-0.4, -0.2) is 62.8 Å². The molecule has 2 aromatic rings. The molecule has 2 aliphatic carbocycles. The van der Waals surface area contributed by atoms with Gasteiger partial charge in [-0.2, -0.15) is 4.52 Å². The van der Waals surface area contributed by atoms with Crippen molar-refractivity contribution in [2.75, 3.05) is 31.1 Å². The van der Waals surface area contributed by atoms with Gasteiger partial charge in [-0.1, -0.05) is 6.42 Å². The highest BCUT2D eigenvalue weighted by Gasteiger charge is 2.41. The van der Waals surface area contributed by atoms with Gasteiger partial charge in [0.2, 0.25) is 5.91 Å². The largest absolute Gasteiger partial charge is 0.352 e. The Bertz CT molecular complexity index is 814. The zero-order valence-electron chi connectivity index (χ0n) is 15.6. The maximum atomic E-state index is 13.1. The molecule has 0 spiro atoms. The van der Waals surface area contributed by atoms with E-state index in [1.54, 1.807) is 10.8 Å². The molecule has 0 radical (unpaired) electrons. The van der Waals surface area contributed by atoms with Gasteiger partial charge in [-0.15, -0.1) is 15.3 Å². The number of hydrogen-bond donors (Lipinski definition) is 1. The second-order valence-corrected chi connectivity index (χ2v) is 8.33. The van der Waals surface area contributed by atoms with E-state index < -0.39 is 0 Å². The van der Waals surface area contributed by atoms with Crippen LogP contribution < -0.4 is 10.6 Å². The summed E-state index contributed by atoms with van der Waals surface area (Å²) >= 11 is 0. The van der Waals surface area contributed by atoms with Gasteiger partial charge in [-0.05, 0) is 49.7 Å². The highest BCUT2D eigenvalue weighted by molar-refractivity contribution is 5.79. The van der Waals surface area contributed by atoms with Gasteiger partial charge in [-0.3, -0.25) is 4.79 Å². The van der Waals surface area contributed by atoms with E-state index in [1.807, 2.05) is 12.1 Å². The van der Waals surface area contributed by atoms with Crippen LogP contribution in [0.5, 0.6) is 0 Å². The van der Waals surface area contributed by atoms with Crippen LogP contribution in [0.25, 0.3) is 5.65 Å². The average Bonchev–Trinajstić information content (AvgIpc) is 3.15. The monoisotopic (exact) mass is 369 g/mol. The van der Waals surface area contributed by atoms with E-state index in [0.717, 1.165) is 50.5 Å². The van der Waals surface area contributed by atoms with Crippen molar-refractivity contribution in [1.82, 2.24) is 24.7 Å². The number of anilines is 1. The Morgan fingerprint density at radius 2 is 1.81 bits per heavy atom. The zero-order chi connectivity index (χ0) is 18.4. The summed E-state index contributed by atoms with van der Waals surface area (Å²) in [4.78, 5) is 17.4. The SMILES string of the molecule is NC1C2CCCC1CC(C(=O)N1CCN(c3ccc4nncn4n3)CC1)C2. The van der Waals surface area contributed by atoms with Crippen LogP contribution in [-0.2, 0) is 4.79 Å². The van der Waals surface area contributed by atoms with E-state index in [1.165, 1.54) is 19.3 Å². The second-order valence-electron chi connectivity index (χ2n) is 8.33. The Hall–Kier alpha value is -2.22. The van der Waals surface area contributed by atoms with Crippen LogP contribution in [0.4, 0.5) is 5.82 Å². The molecule has 2 N–H and O–H groups in total. The van der Waals surface area contributed by atoms with Crippen LogP contribution >= 0.6 is 0 Å². The predicted molar refractivity (Wildman–Crippen MR) is 101 cm³/mol. The molecule has 2 saturated carbocycles. The molecule has 1 amide bonds. The number of amides is 1. The van der Waals surface area contributed by atoms with Gasteiger partial charge in [0.1, 0.15) is 12.1 Å². The van der Waals surface area contributed by atoms with Crippen LogP contribution in [0.15, 0.2) is 18.5 Å². The van der Waals surface area contributed by atoms with Crippen molar-refractivity contribution in [3.8, 4) is 0 Å². The first-order chi connectivity index (χ1) is 13.2. The van der Waals surface area contributed by atoms with Crippen molar-refractivity contribution in [1.29, 1.82) is 0 Å². The first-order valence-corrected chi connectivity index (χ1v) is 10.2.